The summed E-state index contributed by atoms with van der Waals surface area (Å²) in [7, 11) is 0. The fraction of sp³-hybridized carbons (Fsp3) is 0.714. The first-order chi connectivity index (χ1) is 8.79. The molecule has 0 amide bonds. The quantitative estimate of drug-likeness (QED) is 0.829. The van der Waals surface area contributed by atoms with Crippen molar-refractivity contribution in [3.8, 4) is 0 Å². The Labute approximate surface area is 106 Å². The zero-order chi connectivity index (χ0) is 12.3. The molecule has 0 bridgehead atoms. The van der Waals surface area contributed by atoms with Gasteiger partial charge in [0.1, 0.15) is 0 Å². The largest absolute Gasteiger partial charge is 0.461 e. The van der Waals surface area contributed by atoms with Crippen LogP contribution in [-0.2, 0) is 11.2 Å². The van der Waals surface area contributed by atoms with E-state index in [2.05, 4.69) is 10.2 Å². The lowest BCUT2D eigenvalue weighted by atomic mass is 10.0. The van der Waals surface area contributed by atoms with Gasteiger partial charge in [-0.2, -0.15) is 5.10 Å². The Morgan fingerprint density at radius 3 is 3.06 bits per heavy atom. The fourth-order valence-electron chi connectivity index (χ4n) is 3.68. The number of rotatable bonds is 4. The number of hydrogen-bond donors (Lipinski definition) is 1. The molecular weight excluding hydrogens is 228 g/mol. The average Bonchev–Trinajstić information content (AvgIpc) is 3.19. The SMILES string of the molecule is CCOC(=O)c1n[nH]c2c1CC1C(CC3CC3)C21. The van der Waals surface area contributed by atoms with Gasteiger partial charge in [0, 0.05) is 17.2 Å². The summed E-state index contributed by atoms with van der Waals surface area (Å²) in [5.41, 5.74) is 2.90. The van der Waals surface area contributed by atoms with Crippen molar-refractivity contribution in [2.24, 2.45) is 17.8 Å². The Bertz CT molecular complexity index is 504. The summed E-state index contributed by atoms with van der Waals surface area (Å²) in [5.74, 6) is 3.03. The maximum atomic E-state index is 11.8. The van der Waals surface area contributed by atoms with E-state index in [1.165, 1.54) is 25.0 Å². The van der Waals surface area contributed by atoms with Crippen molar-refractivity contribution in [1.82, 2.24) is 10.2 Å². The summed E-state index contributed by atoms with van der Waals surface area (Å²) < 4.78 is 5.04. The van der Waals surface area contributed by atoms with Gasteiger partial charge in [-0.05, 0) is 37.5 Å². The highest BCUT2D eigenvalue weighted by Gasteiger charge is 2.58. The summed E-state index contributed by atoms with van der Waals surface area (Å²) in [6.07, 6.45) is 5.28. The van der Waals surface area contributed by atoms with Crippen LogP contribution in [-0.4, -0.2) is 22.8 Å². The Morgan fingerprint density at radius 1 is 1.50 bits per heavy atom. The second-order valence-electron chi connectivity index (χ2n) is 5.92. The molecule has 1 N–H and O–H groups in total. The van der Waals surface area contributed by atoms with Crippen molar-refractivity contribution in [2.75, 3.05) is 6.61 Å². The number of esters is 1. The maximum absolute atomic E-state index is 11.8. The molecule has 2 saturated carbocycles. The number of fused-ring (bicyclic) bond motifs is 3. The maximum Gasteiger partial charge on any atom is 0.359 e. The van der Waals surface area contributed by atoms with Gasteiger partial charge in [0.2, 0.25) is 0 Å². The first-order valence-electron chi connectivity index (χ1n) is 7.03. The minimum Gasteiger partial charge on any atom is -0.461 e. The molecule has 4 rings (SSSR count). The first kappa shape index (κ1) is 10.6. The predicted molar refractivity (Wildman–Crippen MR) is 65.3 cm³/mol. The molecule has 1 aromatic rings. The van der Waals surface area contributed by atoms with Gasteiger partial charge in [0.25, 0.3) is 0 Å². The van der Waals surface area contributed by atoms with Crippen LogP contribution in [0.4, 0.5) is 0 Å². The van der Waals surface area contributed by atoms with Crippen LogP contribution in [0, 0.1) is 17.8 Å². The van der Waals surface area contributed by atoms with E-state index in [4.69, 9.17) is 4.74 Å². The molecule has 0 radical (unpaired) electrons. The molecular formula is C14H18N2O2. The van der Waals surface area contributed by atoms with Gasteiger partial charge in [0.05, 0.1) is 6.61 Å². The molecule has 1 aromatic heterocycles. The summed E-state index contributed by atoms with van der Waals surface area (Å²) in [6.45, 7) is 2.24. The van der Waals surface area contributed by atoms with Crippen molar-refractivity contribution < 1.29 is 9.53 Å². The molecule has 0 aliphatic heterocycles. The summed E-state index contributed by atoms with van der Waals surface area (Å²) in [4.78, 5) is 11.8. The van der Waals surface area contributed by atoms with Crippen LogP contribution in [0.5, 0.6) is 0 Å². The van der Waals surface area contributed by atoms with Gasteiger partial charge in [-0.15, -0.1) is 0 Å². The third-order valence-corrected chi connectivity index (χ3v) is 4.78. The Hall–Kier alpha value is -1.32. The predicted octanol–water partition coefficient (Wildman–Crippen LogP) is 2.27. The number of carbonyl (C=O) groups is 1. The Balaban J connectivity index is 1.53. The number of aromatic nitrogens is 2. The molecule has 0 saturated heterocycles. The Morgan fingerprint density at radius 2 is 2.33 bits per heavy atom. The number of carbonyl (C=O) groups excluding carboxylic acids is 1. The molecule has 1 heterocycles. The third kappa shape index (κ3) is 1.44. The molecule has 3 atom stereocenters. The van der Waals surface area contributed by atoms with Crippen molar-refractivity contribution in [1.29, 1.82) is 0 Å². The van der Waals surface area contributed by atoms with E-state index >= 15 is 0 Å². The van der Waals surface area contributed by atoms with E-state index in [0.717, 1.165) is 29.7 Å². The highest BCUT2D eigenvalue weighted by atomic mass is 16.5. The van der Waals surface area contributed by atoms with Crippen LogP contribution in [0.3, 0.4) is 0 Å². The Kier molecular flexibility index (Phi) is 2.11. The molecule has 3 aliphatic rings. The monoisotopic (exact) mass is 246 g/mol. The zero-order valence-corrected chi connectivity index (χ0v) is 10.6. The van der Waals surface area contributed by atoms with Gasteiger partial charge >= 0.3 is 5.97 Å². The topological polar surface area (TPSA) is 55.0 Å². The average molecular weight is 246 g/mol. The van der Waals surface area contributed by atoms with E-state index in [1.807, 2.05) is 6.92 Å². The van der Waals surface area contributed by atoms with Crippen molar-refractivity contribution in [3.05, 3.63) is 17.0 Å². The molecule has 0 spiro atoms. The zero-order valence-electron chi connectivity index (χ0n) is 10.6. The minimum atomic E-state index is -0.268. The number of aromatic amines is 1. The highest BCUT2D eigenvalue weighted by Crippen LogP contribution is 2.64. The fourth-order valence-corrected chi connectivity index (χ4v) is 3.68. The number of H-pyrrole nitrogens is 1. The van der Waals surface area contributed by atoms with Gasteiger partial charge in [-0.25, -0.2) is 4.79 Å². The second-order valence-corrected chi connectivity index (χ2v) is 5.92. The van der Waals surface area contributed by atoms with Crippen LogP contribution in [0.1, 0.15) is 53.8 Å². The van der Waals surface area contributed by atoms with Crippen LogP contribution >= 0.6 is 0 Å². The lowest BCUT2D eigenvalue weighted by Crippen LogP contribution is -2.08. The number of nitrogens with one attached hydrogen (secondary N) is 1. The molecule has 3 unspecified atom stereocenters. The molecule has 4 heteroatoms. The standard InChI is InChI=1S/C14H18N2O2/c1-2-18-14(17)13-10-6-9-8(5-7-3-4-7)11(9)12(10)15-16-13/h7-9,11H,2-6H2,1H3,(H,15,16). The van der Waals surface area contributed by atoms with Gasteiger partial charge in [-0.3, -0.25) is 5.10 Å². The normalized spacial score (nSPS) is 31.9. The van der Waals surface area contributed by atoms with Crippen molar-refractivity contribution in [2.45, 2.75) is 38.5 Å². The summed E-state index contributed by atoms with van der Waals surface area (Å²) >= 11 is 0. The molecule has 3 aliphatic carbocycles. The molecule has 4 nitrogen and oxygen atoms in total. The third-order valence-electron chi connectivity index (χ3n) is 4.78. The summed E-state index contributed by atoms with van der Waals surface area (Å²) in [5, 5.41) is 7.25. The van der Waals surface area contributed by atoms with E-state index < -0.39 is 0 Å². The molecule has 2 fully saturated rings. The van der Waals surface area contributed by atoms with Gasteiger partial charge in [0.15, 0.2) is 5.69 Å². The lowest BCUT2D eigenvalue weighted by Gasteiger charge is -2.04. The van der Waals surface area contributed by atoms with Crippen LogP contribution < -0.4 is 0 Å². The van der Waals surface area contributed by atoms with Gasteiger partial charge < -0.3 is 4.74 Å². The van der Waals surface area contributed by atoms with E-state index in [9.17, 15) is 4.79 Å². The number of hydrogen-bond acceptors (Lipinski definition) is 3. The summed E-state index contributed by atoms with van der Waals surface area (Å²) in [6, 6.07) is 0. The number of ether oxygens (including phenoxy) is 1. The van der Waals surface area contributed by atoms with Crippen molar-refractivity contribution >= 4 is 5.97 Å². The van der Waals surface area contributed by atoms with Crippen LogP contribution in [0.25, 0.3) is 0 Å². The minimum absolute atomic E-state index is 0.268. The molecule has 96 valence electrons. The number of nitrogens with zero attached hydrogens (tertiary/aromatic N) is 1. The van der Waals surface area contributed by atoms with E-state index in [0.29, 0.717) is 18.2 Å². The van der Waals surface area contributed by atoms with Crippen LogP contribution in [0.2, 0.25) is 0 Å². The lowest BCUT2D eigenvalue weighted by molar-refractivity contribution is 0.0518. The van der Waals surface area contributed by atoms with Gasteiger partial charge in [-0.1, -0.05) is 12.8 Å². The molecule has 0 aromatic carbocycles. The first-order valence-corrected chi connectivity index (χ1v) is 7.03. The van der Waals surface area contributed by atoms with Crippen LogP contribution in [0.15, 0.2) is 0 Å². The van der Waals surface area contributed by atoms with E-state index in [-0.39, 0.29) is 5.97 Å². The highest BCUT2D eigenvalue weighted by molar-refractivity contribution is 5.89. The van der Waals surface area contributed by atoms with Crippen molar-refractivity contribution in [3.63, 3.8) is 0 Å². The molecule has 18 heavy (non-hydrogen) atoms. The van der Waals surface area contributed by atoms with E-state index in [1.54, 1.807) is 0 Å². The smallest absolute Gasteiger partial charge is 0.359 e. The second kappa shape index (κ2) is 3.59.